The summed E-state index contributed by atoms with van der Waals surface area (Å²) in [6.45, 7) is 9.15. The van der Waals surface area contributed by atoms with Crippen LogP contribution in [0.1, 0.15) is 51.6 Å². The molecule has 0 aliphatic heterocycles. The van der Waals surface area contributed by atoms with Crippen molar-refractivity contribution in [1.29, 1.82) is 0 Å². The zero-order valence-corrected chi connectivity index (χ0v) is 19.7. The van der Waals surface area contributed by atoms with Crippen LogP contribution in [0.25, 0.3) is 5.52 Å². The quantitative estimate of drug-likeness (QED) is 0.404. The number of amides is 1. The molecule has 0 saturated heterocycles. The Morgan fingerprint density at radius 3 is 2.44 bits per heavy atom. The zero-order valence-electron chi connectivity index (χ0n) is 19.7. The predicted octanol–water partition coefficient (Wildman–Crippen LogP) is 4.63. The minimum absolute atomic E-state index is 0.0600. The van der Waals surface area contributed by atoms with Crippen molar-refractivity contribution in [2.24, 2.45) is 16.1 Å². The third-order valence-corrected chi connectivity index (χ3v) is 4.79. The van der Waals surface area contributed by atoms with Gasteiger partial charge in [0.1, 0.15) is 17.2 Å². The molecule has 180 valence electrons. The third-order valence-electron chi connectivity index (χ3n) is 4.79. The number of hydrogen-bond acceptors (Lipinski definition) is 4. The smallest absolute Gasteiger partial charge is 0.333 e. The first-order valence-electron chi connectivity index (χ1n) is 10.6. The van der Waals surface area contributed by atoms with Gasteiger partial charge in [0.15, 0.2) is 5.82 Å². The van der Waals surface area contributed by atoms with Crippen LogP contribution in [0.5, 0.6) is 0 Å². The summed E-state index contributed by atoms with van der Waals surface area (Å²) in [6.07, 6.45) is 3.10. The van der Waals surface area contributed by atoms with Crippen LogP contribution >= 0.6 is 0 Å². The molecule has 0 aliphatic rings. The van der Waals surface area contributed by atoms with E-state index in [0.29, 0.717) is 11.1 Å². The molecule has 0 bridgehead atoms. The number of hydrogen-bond donors (Lipinski definition) is 2. The fourth-order valence-electron chi connectivity index (χ4n) is 3.04. The lowest BCUT2D eigenvalue weighted by molar-refractivity contribution is -0.128. The number of carbonyl (C=O) groups excluding carboxylic acids is 1. The number of alkyl halides is 2. The van der Waals surface area contributed by atoms with Crippen molar-refractivity contribution < 1.29 is 18.0 Å². The molecule has 0 atom stereocenters. The van der Waals surface area contributed by atoms with Crippen molar-refractivity contribution in [2.45, 2.75) is 47.1 Å². The topological polar surface area (TPSA) is 97.7 Å². The molecule has 3 N–H and O–H groups in total. The number of allylic oxidation sites excluding steroid dienone is 1. The van der Waals surface area contributed by atoms with E-state index in [9.17, 15) is 9.18 Å². The average Bonchev–Trinajstić information content (AvgIpc) is 3.14. The van der Waals surface area contributed by atoms with E-state index in [1.165, 1.54) is 10.7 Å². The highest BCUT2D eigenvalue weighted by Gasteiger charge is 2.39. The number of nitrogens with two attached hydrogens (primary N) is 1. The molecule has 0 radical (unpaired) electrons. The van der Waals surface area contributed by atoms with E-state index < -0.39 is 28.5 Å². The highest BCUT2D eigenvalue weighted by molar-refractivity contribution is 5.94. The summed E-state index contributed by atoms with van der Waals surface area (Å²) in [5, 5.41) is 6.80. The van der Waals surface area contributed by atoms with Gasteiger partial charge in [-0.05, 0) is 55.8 Å². The van der Waals surface area contributed by atoms with Gasteiger partial charge in [0, 0.05) is 23.7 Å². The van der Waals surface area contributed by atoms with Gasteiger partial charge in [-0.1, -0.05) is 26.3 Å². The van der Waals surface area contributed by atoms with Crippen LogP contribution in [0.4, 0.5) is 19.0 Å². The van der Waals surface area contributed by atoms with Gasteiger partial charge in [-0.2, -0.15) is 8.78 Å². The summed E-state index contributed by atoms with van der Waals surface area (Å²) >= 11 is 0. The van der Waals surface area contributed by atoms with Crippen molar-refractivity contribution in [3.63, 3.8) is 0 Å². The molecule has 0 unspecified atom stereocenters. The number of halogens is 3. The van der Waals surface area contributed by atoms with Crippen LogP contribution in [-0.4, -0.2) is 26.3 Å². The van der Waals surface area contributed by atoms with Crippen LogP contribution in [0, 0.1) is 11.2 Å². The Morgan fingerprint density at radius 2 is 1.85 bits per heavy atom. The summed E-state index contributed by atoms with van der Waals surface area (Å²) in [5.41, 5.74) is 6.72. The highest BCUT2D eigenvalue weighted by Crippen LogP contribution is 2.35. The standard InChI is InChI=1S/C24H27F3N6O/c1-14(2)10-19(28)30-20-18-11-15(12-29-22(34)23(3,4)5)13-33(18)32-21(31-20)24(26,27)16-6-8-17(25)9-7-16/h6-11,13H,12H2,1-5H3,(H,29,34)(H2,28,30,31,32). The van der Waals surface area contributed by atoms with Crippen molar-refractivity contribution in [3.05, 3.63) is 70.9 Å². The Balaban J connectivity index is 2.11. The summed E-state index contributed by atoms with van der Waals surface area (Å²) in [6, 6.07) is 5.50. The Labute approximate surface area is 195 Å². The van der Waals surface area contributed by atoms with E-state index in [0.717, 1.165) is 29.8 Å². The fraction of sp³-hybridized carbons (Fsp3) is 0.333. The Morgan fingerprint density at radius 1 is 1.21 bits per heavy atom. The van der Waals surface area contributed by atoms with E-state index in [2.05, 4.69) is 20.4 Å². The average molecular weight is 473 g/mol. The van der Waals surface area contributed by atoms with Gasteiger partial charge in [-0.15, -0.1) is 5.10 Å². The molecule has 2 heterocycles. The first kappa shape index (κ1) is 24.9. The van der Waals surface area contributed by atoms with Crippen LogP contribution in [0.3, 0.4) is 0 Å². The van der Waals surface area contributed by atoms with Crippen LogP contribution in [0.15, 0.2) is 53.2 Å². The number of carbonyl (C=O) groups is 1. The summed E-state index contributed by atoms with van der Waals surface area (Å²) in [7, 11) is 0. The molecule has 2 aromatic heterocycles. The lowest BCUT2D eigenvalue weighted by Crippen LogP contribution is -2.34. The van der Waals surface area contributed by atoms with Crippen molar-refractivity contribution >= 4 is 23.1 Å². The highest BCUT2D eigenvalue weighted by atomic mass is 19.3. The molecule has 7 nitrogen and oxygen atoms in total. The van der Waals surface area contributed by atoms with Gasteiger partial charge < -0.3 is 11.1 Å². The monoisotopic (exact) mass is 472 g/mol. The Kier molecular flexibility index (Phi) is 6.81. The molecule has 0 spiro atoms. The largest absolute Gasteiger partial charge is 0.384 e. The SMILES string of the molecule is CC(C)=CC(N)=Nc1nc(C(F)(F)c2ccc(F)cc2)nn2cc(CNC(=O)C(C)(C)C)cc12. The molecule has 1 amide bonds. The number of amidine groups is 1. The lowest BCUT2D eigenvalue weighted by Gasteiger charge is -2.17. The summed E-state index contributed by atoms with van der Waals surface area (Å²) in [5.74, 6) is -5.22. The van der Waals surface area contributed by atoms with Gasteiger partial charge >= 0.3 is 5.92 Å². The van der Waals surface area contributed by atoms with E-state index in [4.69, 9.17) is 5.73 Å². The maximum Gasteiger partial charge on any atom is 0.333 e. The maximum absolute atomic E-state index is 15.3. The zero-order chi connectivity index (χ0) is 25.3. The number of fused-ring (bicyclic) bond motifs is 1. The summed E-state index contributed by atoms with van der Waals surface area (Å²) < 4.78 is 45.0. The van der Waals surface area contributed by atoms with E-state index in [-0.39, 0.29) is 24.1 Å². The Bertz CT molecular complexity index is 1270. The third kappa shape index (κ3) is 5.62. The maximum atomic E-state index is 15.3. The van der Waals surface area contributed by atoms with Crippen molar-refractivity contribution in [2.75, 3.05) is 0 Å². The van der Waals surface area contributed by atoms with Gasteiger partial charge in [0.05, 0.1) is 0 Å². The van der Waals surface area contributed by atoms with Crippen LogP contribution in [-0.2, 0) is 17.3 Å². The Hall–Kier alpha value is -3.69. The lowest BCUT2D eigenvalue weighted by atomic mass is 9.96. The molecule has 0 fully saturated rings. The van der Waals surface area contributed by atoms with Gasteiger partial charge in [0.2, 0.25) is 11.7 Å². The summed E-state index contributed by atoms with van der Waals surface area (Å²) in [4.78, 5) is 20.4. The van der Waals surface area contributed by atoms with Gasteiger partial charge in [-0.3, -0.25) is 4.79 Å². The molecule has 34 heavy (non-hydrogen) atoms. The minimum Gasteiger partial charge on any atom is -0.384 e. The first-order chi connectivity index (χ1) is 15.8. The molecular formula is C24H27F3N6O. The molecule has 0 saturated carbocycles. The molecular weight excluding hydrogens is 445 g/mol. The molecule has 1 aromatic carbocycles. The second kappa shape index (κ2) is 9.28. The normalized spacial score (nSPS) is 12.6. The number of nitrogens with one attached hydrogen (secondary N) is 1. The minimum atomic E-state index is -3.62. The fourth-order valence-corrected chi connectivity index (χ4v) is 3.04. The van der Waals surface area contributed by atoms with E-state index in [1.54, 1.807) is 32.9 Å². The van der Waals surface area contributed by atoms with E-state index >= 15 is 8.78 Å². The molecule has 10 heteroatoms. The molecule has 0 aliphatic carbocycles. The van der Waals surface area contributed by atoms with E-state index in [1.807, 2.05) is 13.8 Å². The number of nitrogens with zero attached hydrogens (tertiary/aromatic N) is 4. The molecule has 3 aromatic rings. The molecule has 3 rings (SSSR count). The van der Waals surface area contributed by atoms with Crippen LogP contribution < -0.4 is 11.1 Å². The first-order valence-corrected chi connectivity index (χ1v) is 10.6. The predicted molar refractivity (Wildman–Crippen MR) is 124 cm³/mol. The van der Waals surface area contributed by atoms with Crippen molar-refractivity contribution in [1.82, 2.24) is 19.9 Å². The van der Waals surface area contributed by atoms with Gasteiger partial charge in [-0.25, -0.2) is 18.9 Å². The van der Waals surface area contributed by atoms with Gasteiger partial charge in [0.25, 0.3) is 0 Å². The number of benzene rings is 1. The second-order valence-corrected chi connectivity index (χ2v) is 9.21. The van der Waals surface area contributed by atoms with Crippen LogP contribution in [0.2, 0.25) is 0 Å². The number of rotatable bonds is 6. The number of aromatic nitrogens is 3. The number of aliphatic imine (C=N–C) groups is 1. The second-order valence-electron chi connectivity index (χ2n) is 9.21. The van der Waals surface area contributed by atoms with Crippen molar-refractivity contribution in [3.8, 4) is 0 Å².